The maximum atomic E-state index is 10.1. The Hall–Kier alpha value is -0.990. The molecule has 9 heavy (non-hydrogen) atoms. The van der Waals surface area contributed by atoms with E-state index >= 15 is 0 Å². The first kappa shape index (κ1) is 6.13. The van der Waals surface area contributed by atoms with Gasteiger partial charge in [-0.25, -0.2) is 4.79 Å². The summed E-state index contributed by atoms with van der Waals surface area (Å²) < 4.78 is 4.61. The number of nitrogens with two attached hydrogens (primary N) is 1. The van der Waals surface area contributed by atoms with Crippen molar-refractivity contribution in [1.29, 1.82) is 0 Å². The van der Waals surface area contributed by atoms with Crippen molar-refractivity contribution in [3.63, 3.8) is 0 Å². The van der Waals surface area contributed by atoms with Crippen molar-refractivity contribution in [3.8, 4) is 0 Å². The summed E-state index contributed by atoms with van der Waals surface area (Å²) in [7, 11) is 0. The highest BCUT2D eigenvalue weighted by Gasteiger charge is 2.06. The number of primary amides is 1. The molecule has 3 nitrogen and oxygen atoms in total. The molecule has 0 heterocycles. The molecular weight excluding hydrogens is 118 g/mol. The second-order valence-corrected chi connectivity index (χ2v) is 1.98. The number of rotatable bonds is 1. The summed E-state index contributed by atoms with van der Waals surface area (Å²) in [5, 5.41) is 0. The van der Waals surface area contributed by atoms with E-state index in [-0.39, 0.29) is 0 Å². The standard InChI is InChI=1S/C6H9NO2/c7-6(8)9-5-3-1-2-4-5/h3H,1-2,4H2,(H2,7,8). The number of carbonyl (C=O) groups is 1. The molecule has 0 fully saturated rings. The van der Waals surface area contributed by atoms with Gasteiger partial charge in [0.05, 0.1) is 0 Å². The Morgan fingerprint density at radius 3 is 3.00 bits per heavy atom. The van der Waals surface area contributed by atoms with Crippen molar-refractivity contribution in [3.05, 3.63) is 11.8 Å². The summed E-state index contributed by atoms with van der Waals surface area (Å²) in [6, 6.07) is 0. The van der Waals surface area contributed by atoms with Gasteiger partial charge in [-0.05, 0) is 18.9 Å². The fraction of sp³-hybridized carbons (Fsp3) is 0.500. The molecular formula is C6H9NO2. The number of allylic oxidation sites excluding steroid dienone is 2. The maximum absolute atomic E-state index is 10.1. The molecule has 0 saturated carbocycles. The van der Waals surface area contributed by atoms with Gasteiger partial charge in [-0.2, -0.15) is 0 Å². The molecule has 1 rings (SSSR count). The Bertz CT molecular complexity index is 151. The molecule has 1 aliphatic carbocycles. The van der Waals surface area contributed by atoms with Crippen molar-refractivity contribution in [1.82, 2.24) is 0 Å². The molecule has 0 aromatic carbocycles. The summed E-state index contributed by atoms with van der Waals surface area (Å²) in [6.45, 7) is 0. The van der Waals surface area contributed by atoms with Gasteiger partial charge >= 0.3 is 6.09 Å². The molecule has 1 aliphatic rings. The number of ether oxygens (including phenoxy) is 1. The van der Waals surface area contributed by atoms with Crippen LogP contribution in [0.3, 0.4) is 0 Å². The molecule has 0 spiro atoms. The third-order valence-electron chi connectivity index (χ3n) is 1.23. The largest absolute Gasteiger partial charge is 0.415 e. The molecule has 0 atom stereocenters. The second kappa shape index (κ2) is 2.53. The highest BCUT2D eigenvalue weighted by atomic mass is 16.5. The summed E-state index contributed by atoms with van der Waals surface area (Å²) >= 11 is 0. The van der Waals surface area contributed by atoms with Gasteiger partial charge in [0.15, 0.2) is 0 Å². The van der Waals surface area contributed by atoms with Crippen LogP contribution in [0.4, 0.5) is 4.79 Å². The Labute approximate surface area is 53.5 Å². The van der Waals surface area contributed by atoms with Crippen LogP contribution in [0.2, 0.25) is 0 Å². The van der Waals surface area contributed by atoms with Crippen LogP contribution >= 0.6 is 0 Å². The van der Waals surface area contributed by atoms with Gasteiger partial charge in [0.25, 0.3) is 0 Å². The van der Waals surface area contributed by atoms with Crippen LogP contribution in [0.5, 0.6) is 0 Å². The van der Waals surface area contributed by atoms with Crippen molar-refractivity contribution >= 4 is 6.09 Å². The van der Waals surface area contributed by atoms with Crippen LogP contribution in [0.15, 0.2) is 11.8 Å². The smallest absolute Gasteiger partial charge is 0.409 e. The minimum atomic E-state index is -0.705. The van der Waals surface area contributed by atoms with Crippen LogP contribution in [0.1, 0.15) is 19.3 Å². The molecule has 0 unspecified atom stereocenters. The first-order valence-electron chi connectivity index (χ1n) is 2.95. The third-order valence-corrected chi connectivity index (χ3v) is 1.23. The van der Waals surface area contributed by atoms with Crippen molar-refractivity contribution < 1.29 is 9.53 Å². The van der Waals surface area contributed by atoms with Gasteiger partial charge in [0, 0.05) is 6.42 Å². The molecule has 1 amide bonds. The minimum Gasteiger partial charge on any atom is -0.415 e. The van der Waals surface area contributed by atoms with Gasteiger partial charge in [-0.3, -0.25) is 0 Å². The Kier molecular flexibility index (Phi) is 1.72. The van der Waals surface area contributed by atoms with E-state index in [0.717, 1.165) is 25.0 Å². The SMILES string of the molecule is NC(=O)OC1=CCCC1. The minimum absolute atomic E-state index is 0.705. The number of amides is 1. The van der Waals surface area contributed by atoms with Gasteiger partial charge in [-0.1, -0.05) is 0 Å². The lowest BCUT2D eigenvalue weighted by Crippen LogP contribution is -2.11. The molecule has 50 valence electrons. The molecule has 0 aromatic rings. The highest BCUT2D eigenvalue weighted by Crippen LogP contribution is 2.17. The highest BCUT2D eigenvalue weighted by molar-refractivity contribution is 5.66. The molecule has 2 N–H and O–H groups in total. The van der Waals surface area contributed by atoms with Gasteiger partial charge in [0.1, 0.15) is 5.76 Å². The van der Waals surface area contributed by atoms with E-state index in [1.54, 1.807) is 0 Å². The van der Waals surface area contributed by atoms with Crippen LogP contribution < -0.4 is 5.73 Å². The third kappa shape index (κ3) is 1.76. The van der Waals surface area contributed by atoms with Gasteiger partial charge < -0.3 is 10.5 Å². The zero-order valence-electron chi connectivity index (χ0n) is 5.09. The van der Waals surface area contributed by atoms with E-state index in [1.807, 2.05) is 6.08 Å². The van der Waals surface area contributed by atoms with E-state index < -0.39 is 6.09 Å². The molecule has 0 aromatic heterocycles. The van der Waals surface area contributed by atoms with E-state index in [0.29, 0.717) is 0 Å². The fourth-order valence-electron chi connectivity index (χ4n) is 0.863. The lowest BCUT2D eigenvalue weighted by atomic mass is 10.4. The van der Waals surface area contributed by atoms with Crippen LogP contribution in [0.25, 0.3) is 0 Å². The summed E-state index contributed by atoms with van der Waals surface area (Å²) in [6.07, 6.45) is 4.11. The second-order valence-electron chi connectivity index (χ2n) is 1.98. The van der Waals surface area contributed by atoms with E-state index in [4.69, 9.17) is 5.73 Å². The molecule has 0 saturated heterocycles. The molecule has 3 heteroatoms. The lowest BCUT2D eigenvalue weighted by molar-refractivity contribution is 0.185. The maximum Gasteiger partial charge on any atom is 0.409 e. The first-order valence-corrected chi connectivity index (χ1v) is 2.95. The molecule has 0 radical (unpaired) electrons. The normalized spacial score (nSPS) is 17.1. The van der Waals surface area contributed by atoms with Crippen molar-refractivity contribution in [2.75, 3.05) is 0 Å². The van der Waals surface area contributed by atoms with Gasteiger partial charge in [0.2, 0.25) is 0 Å². The van der Waals surface area contributed by atoms with Crippen LogP contribution in [-0.4, -0.2) is 6.09 Å². The predicted molar refractivity (Wildman–Crippen MR) is 32.6 cm³/mol. The first-order chi connectivity index (χ1) is 4.29. The van der Waals surface area contributed by atoms with Gasteiger partial charge in [-0.15, -0.1) is 0 Å². The molecule has 0 aliphatic heterocycles. The van der Waals surface area contributed by atoms with E-state index in [9.17, 15) is 4.79 Å². The summed E-state index contributed by atoms with van der Waals surface area (Å²) in [5.74, 6) is 0.725. The average Bonchev–Trinajstić information content (AvgIpc) is 2.15. The number of carbonyl (C=O) groups excluding carboxylic acids is 1. The quantitative estimate of drug-likeness (QED) is 0.574. The fourth-order valence-corrected chi connectivity index (χ4v) is 0.863. The topological polar surface area (TPSA) is 52.3 Å². The van der Waals surface area contributed by atoms with Crippen LogP contribution in [-0.2, 0) is 4.74 Å². The van der Waals surface area contributed by atoms with E-state index in [2.05, 4.69) is 4.74 Å². The summed E-state index contributed by atoms with van der Waals surface area (Å²) in [5.41, 5.74) is 4.77. The Morgan fingerprint density at radius 1 is 1.78 bits per heavy atom. The van der Waals surface area contributed by atoms with Crippen molar-refractivity contribution in [2.24, 2.45) is 5.73 Å². The zero-order valence-corrected chi connectivity index (χ0v) is 5.09. The summed E-state index contributed by atoms with van der Waals surface area (Å²) in [4.78, 5) is 10.1. The zero-order chi connectivity index (χ0) is 6.69. The predicted octanol–water partition coefficient (Wildman–Crippen LogP) is 1.15. The lowest BCUT2D eigenvalue weighted by Gasteiger charge is -1.97. The van der Waals surface area contributed by atoms with Crippen molar-refractivity contribution in [2.45, 2.75) is 19.3 Å². The monoisotopic (exact) mass is 127 g/mol. The van der Waals surface area contributed by atoms with E-state index in [1.165, 1.54) is 0 Å². The average molecular weight is 127 g/mol. The molecule has 0 bridgehead atoms. The number of hydrogen-bond donors (Lipinski definition) is 1. The van der Waals surface area contributed by atoms with Crippen LogP contribution in [0, 0.1) is 0 Å². The Balaban J connectivity index is 2.35. The Morgan fingerprint density at radius 2 is 2.56 bits per heavy atom. The number of hydrogen-bond acceptors (Lipinski definition) is 2.